The monoisotopic (exact) mass is 287 g/mol. The summed E-state index contributed by atoms with van der Waals surface area (Å²) in [4.78, 5) is 22.7. The molecule has 0 fully saturated rings. The third-order valence-corrected chi connectivity index (χ3v) is 2.29. The number of aromatic nitrogens is 1. The molecule has 1 aromatic rings. The van der Waals surface area contributed by atoms with Gasteiger partial charge in [0.1, 0.15) is 5.56 Å². The maximum Gasteiger partial charge on any atom is 0.286 e. The Morgan fingerprint density at radius 2 is 2.21 bits per heavy atom. The second-order valence-electron chi connectivity index (χ2n) is 4.05. The molecule has 0 aliphatic carbocycles. The van der Waals surface area contributed by atoms with E-state index in [-0.39, 0.29) is 30.9 Å². The molecule has 1 unspecified atom stereocenters. The van der Waals surface area contributed by atoms with Gasteiger partial charge in [-0.2, -0.15) is 4.57 Å². The Morgan fingerprint density at radius 1 is 1.53 bits per heavy atom. The summed E-state index contributed by atoms with van der Waals surface area (Å²) in [6.07, 6.45) is 3.25. The average molecular weight is 288 g/mol. The lowest BCUT2D eigenvalue weighted by Crippen LogP contribution is -3.00. The summed E-state index contributed by atoms with van der Waals surface area (Å²) >= 11 is 0. The van der Waals surface area contributed by atoms with Gasteiger partial charge in [-0.15, -0.1) is 0 Å². The van der Waals surface area contributed by atoms with Gasteiger partial charge >= 0.3 is 0 Å². The minimum Gasteiger partial charge on any atom is -1.00 e. The van der Waals surface area contributed by atoms with Crippen LogP contribution in [-0.4, -0.2) is 31.6 Å². The van der Waals surface area contributed by atoms with E-state index in [1.165, 1.54) is 0 Å². The van der Waals surface area contributed by atoms with Crippen molar-refractivity contribution in [1.29, 1.82) is 0 Å². The molecular formula is C12H18ClN3O3. The van der Waals surface area contributed by atoms with Crippen LogP contribution in [0.1, 0.15) is 17.3 Å². The molecular weight excluding hydrogens is 270 g/mol. The number of carbonyl (C=O) groups is 2. The summed E-state index contributed by atoms with van der Waals surface area (Å²) < 4.78 is 6.53. The Kier molecular flexibility index (Phi) is 7.71. The fourth-order valence-electron chi connectivity index (χ4n) is 1.54. The first-order valence-corrected chi connectivity index (χ1v) is 5.60. The second kappa shape index (κ2) is 8.44. The summed E-state index contributed by atoms with van der Waals surface area (Å²) in [7, 11) is 1.58. The maximum absolute atomic E-state index is 11.7. The van der Waals surface area contributed by atoms with Gasteiger partial charge in [-0.25, -0.2) is 0 Å². The van der Waals surface area contributed by atoms with Gasteiger partial charge in [-0.1, -0.05) is 0 Å². The van der Waals surface area contributed by atoms with Gasteiger partial charge in [0.2, 0.25) is 6.54 Å². The van der Waals surface area contributed by atoms with Crippen molar-refractivity contribution in [2.75, 3.05) is 13.7 Å². The Labute approximate surface area is 118 Å². The summed E-state index contributed by atoms with van der Waals surface area (Å²) in [5, 5.41) is 2.78. The number of carbonyl (C=O) groups excluding carboxylic acids is 2. The number of hydrogen-bond donors (Lipinski definition) is 2. The molecule has 0 saturated carbocycles. The highest BCUT2D eigenvalue weighted by Crippen LogP contribution is 1.92. The predicted octanol–water partition coefficient (Wildman–Crippen LogP) is -3.77. The van der Waals surface area contributed by atoms with Crippen molar-refractivity contribution < 1.29 is 31.3 Å². The molecule has 6 nitrogen and oxygen atoms in total. The molecule has 7 heteroatoms. The maximum atomic E-state index is 11.7. The number of nitrogens with zero attached hydrogens (tertiary/aromatic N) is 1. The van der Waals surface area contributed by atoms with E-state index in [9.17, 15) is 9.59 Å². The van der Waals surface area contributed by atoms with Crippen molar-refractivity contribution in [2.45, 2.75) is 19.5 Å². The number of nitrogens with two attached hydrogens (primary N) is 1. The smallest absolute Gasteiger partial charge is 0.286 e. The molecule has 3 N–H and O–H groups in total. The normalized spacial score (nSPS) is 11.3. The van der Waals surface area contributed by atoms with Crippen LogP contribution in [0.5, 0.6) is 0 Å². The van der Waals surface area contributed by atoms with Crippen LogP contribution in [-0.2, 0) is 16.1 Å². The van der Waals surface area contributed by atoms with E-state index in [0.717, 1.165) is 0 Å². The number of methoxy groups -OCH3 is 1. The molecule has 1 heterocycles. The lowest BCUT2D eigenvalue weighted by atomic mass is 10.2. The van der Waals surface area contributed by atoms with E-state index >= 15 is 0 Å². The zero-order chi connectivity index (χ0) is 13.5. The summed E-state index contributed by atoms with van der Waals surface area (Å²) in [5.41, 5.74) is 5.53. The SMILES string of the molecule is COCC(C)NC(=O)C[n+]1cccc(C(N)=O)c1.[Cl-]. The Balaban J connectivity index is 0.00000324. The second-order valence-corrected chi connectivity index (χ2v) is 4.05. The number of ether oxygens (including phenoxy) is 1. The first-order valence-electron chi connectivity index (χ1n) is 5.60. The molecule has 0 saturated heterocycles. The highest BCUT2D eigenvalue weighted by molar-refractivity contribution is 5.92. The Morgan fingerprint density at radius 3 is 2.79 bits per heavy atom. The van der Waals surface area contributed by atoms with Gasteiger partial charge in [0.15, 0.2) is 12.4 Å². The zero-order valence-electron chi connectivity index (χ0n) is 10.9. The van der Waals surface area contributed by atoms with E-state index in [1.807, 2.05) is 6.92 Å². The van der Waals surface area contributed by atoms with Crippen LogP contribution in [0.15, 0.2) is 24.5 Å². The van der Waals surface area contributed by atoms with Crippen molar-refractivity contribution in [2.24, 2.45) is 5.73 Å². The van der Waals surface area contributed by atoms with Gasteiger partial charge in [0, 0.05) is 19.2 Å². The van der Waals surface area contributed by atoms with Crippen molar-refractivity contribution in [3.05, 3.63) is 30.1 Å². The molecule has 1 atom stereocenters. The van der Waals surface area contributed by atoms with Gasteiger partial charge in [-0.3, -0.25) is 9.59 Å². The number of amides is 2. The van der Waals surface area contributed by atoms with Gasteiger partial charge in [0.25, 0.3) is 11.8 Å². The molecule has 0 spiro atoms. The molecule has 106 valence electrons. The number of rotatable bonds is 6. The predicted molar refractivity (Wildman–Crippen MR) is 64.6 cm³/mol. The topological polar surface area (TPSA) is 85.3 Å². The summed E-state index contributed by atoms with van der Waals surface area (Å²) in [5.74, 6) is -0.663. The first-order chi connectivity index (χ1) is 8.52. The minimum absolute atomic E-state index is 0. The van der Waals surface area contributed by atoms with Gasteiger partial charge in [0.05, 0.1) is 6.61 Å². The van der Waals surface area contributed by atoms with E-state index in [0.29, 0.717) is 12.2 Å². The fourth-order valence-corrected chi connectivity index (χ4v) is 1.54. The van der Waals surface area contributed by atoms with Crippen LogP contribution in [0.2, 0.25) is 0 Å². The highest BCUT2D eigenvalue weighted by Gasteiger charge is 2.13. The van der Waals surface area contributed by atoms with Crippen LogP contribution in [0.25, 0.3) is 0 Å². The lowest BCUT2D eigenvalue weighted by molar-refractivity contribution is -0.684. The molecule has 2 amide bonds. The Bertz CT molecular complexity index is 440. The average Bonchev–Trinajstić information content (AvgIpc) is 2.29. The quantitative estimate of drug-likeness (QED) is 0.527. The molecule has 0 aliphatic rings. The lowest BCUT2D eigenvalue weighted by Gasteiger charge is -2.10. The number of nitrogens with one attached hydrogen (secondary N) is 1. The van der Waals surface area contributed by atoms with E-state index in [2.05, 4.69) is 5.32 Å². The van der Waals surface area contributed by atoms with Gasteiger partial charge < -0.3 is 28.2 Å². The fraction of sp³-hybridized carbons (Fsp3) is 0.417. The summed E-state index contributed by atoms with van der Waals surface area (Å²) in [6.45, 7) is 2.44. The third-order valence-electron chi connectivity index (χ3n) is 2.29. The highest BCUT2D eigenvalue weighted by atomic mass is 35.5. The largest absolute Gasteiger partial charge is 1.00 e. The van der Waals surface area contributed by atoms with Crippen LogP contribution >= 0.6 is 0 Å². The number of pyridine rings is 1. The van der Waals surface area contributed by atoms with E-state index < -0.39 is 5.91 Å². The molecule has 19 heavy (non-hydrogen) atoms. The molecule has 0 aromatic carbocycles. The van der Waals surface area contributed by atoms with Crippen molar-refractivity contribution >= 4 is 11.8 Å². The molecule has 0 bridgehead atoms. The minimum atomic E-state index is -0.516. The van der Waals surface area contributed by atoms with E-state index in [1.54, 1.807) is 36.2 Å². The van der Waals surface area contributed by atoms with Crippen LogP contribution in [0, 0.1) is 0 Å². The number of hydrogen-bond acceptors (Lipinski definition) is 3. The molecule has 0 aliphatic heterocycles. The van der Waals surface area contributed by atoms with Crippen molar-refractivity contribution in [1.82, 2.24) is 5.32 Å². The van der Waals surface area contributed by atoms with Crippen LogP contribution in [0.3, 0.4) is 0 Å². The van der Waals surface area contributed by atoms with Crippen molar-refractivity contribution in [3.63, 3.8) is 0 Å². The number of primary amides is 1. The Hall–Kier alpha value is -1.66. The van der Waals surface area contributed by atoms with E-state index in [4.69, 9.17) is 10.5 Å². The standard InChI is InChI=1S/C12H17N3O3.ClH/c1-9(8-18-2)14-11(16)7-15-5-3-4-10(6-15)12(13)17;/h3-6,9H,7-8H2,1-2H3,(H2-,13,14,16,17);1H. The third kappa shape index (κ3) is 6.17. The summed E-state index contributed by atoms with van der Waals surface area (Å²) in [6, 6.07) is 3.22. The molecule has 0 radical (unpaired) electrons. The van der Waals surface area contributed by atoms with Crippen molar-refractivity contribution in [3.8, 4) is 0 Å². The van der Waals surface area contributed by atoms with Crippen LogP contribution in [0.4, 0.5) is 0 Å². The van der Waals surface area contributed by atoms with Crippen LogP contribution < -0.4 is 28.0 Å². The first kappa shape index (κ1) is 17.3. The molecule has 1 aromatic heterocycles. The zero-order valence-corrected chi connectivity index (χ0v) is 11.7. The van der Waals surface area contributed by atoms with Gasteiger partial charge in [-0.05, 0) is 13.0 Å². The number of halogens is 1. The molecule has 1 rings (SSSR count).